The number of rotatable bonds is 4. The summed E-state index contributed by atoms with van der Waals surface area (Å²) in [5.74, 6) is 0.703. The molecule has 0 radical (unpaired) electrons. The van der Waals surface area contributed by atoms with Gasteiger partial charge in [-0.1, -0.05) is 20.3 Å². The van der Waals surface area contributed by atoms with E-state index in [-0.39, 0.29) is 11.8 Å². The number of amides is 1. The number of hydrogen-bond donors (Lipinski definition) is 0. The number of pyridine rings is 1. The Hall–Kier alpha value is -1.79. The Kier molecular flexibility index (Phi) is 5.49. The van der Waals surface area contributed by atoms with Crippen molar-refractivity contribution in [3.05, 3.63) is 23.9 Å². The summed E-state index contributed by atoms with van der Waals surface area (Å²) in [6, 6.07) is 2.43. The van der Waals surface area contributed by atoms with Gasteiger partial charge in [-0.05, 0) is 18.6 Å². The Morgan fingerprint density at radius 3 is 2.39 bits per heavy atom. The van der Waals surface area contributed by atoms with Gasteiger partial charge in [-0.3, -0.25) is 4.79 Å². The highest BCUT2D eigenvalue weighted by atomic mass is 19.4. The van der Waals surface area contributed by atoms with Gasteiger partial charge in [-0.2, -0.15) is 13.2 Å². The summed E-state index contributed by atoms with van der Waals surface area (Å²) >= 11 is 0. The van der Waals surface area contributed by atoms with Crippen LogP contribution in [0.15, 0.2) is 18.3 Å². The van der Waals surface area contributed by atoms with E-state index in [1.165, 1.54) is 6.07 Å². The van der Waals surface area contributed by atoms with E-state index in [4.69, 9.17) is 0 Å². The van der Waals surface area contributed by atoms with Crippen LogP contribution in [0.4, 0.5) is 19.0 Å². The SMILES string of the molecule is CCCC(C)C(=O)N1CCN(c2ccc(C(F)(F)F)cn2)CC1. The number of piperazine rings is 1. The highest BCUT2D eigenvalue weighted by molar-refractivity contribution is 5.78. The first-order chi connectivity index (χ1) is 10.8. The topological polar surface area (TPSA) is 36.4 Å². The molecule has 0 N–H and O–H groups in total. The molecule has 23 heavy (non-hydrogen) atoms. The van der Waals surface area contributed by atoms with Crippen LogP contribution in [0.25, 0.3) is 0 Å². The molecule has 2 rings (SSSR count). The molecule has 1 unspecified atom stereocenters. The van der Waals surface area contributed by atoms with Crippen LogP contribution >= 0.6 is 0 Å². The highest BCUT2D eigenvalue weighted by Gasteiger charge is 2.31. The van der Waals surface area contributed by atoms with Crippen LogP contribution in [0.3, 0.4) is 0 Å². The maximum atomic E-state index is 12.5. The molecule has 1 atom stereocenters. The van der Waals surface area contributed by atoms with E-state index in [2.05, 4.69) is 11.9 Å². The summed E-state index contributed by atoms with van der Waals surface area (Å²) in [4.78, 5) is 19.9. The first-order valence-electron chi connectivity index (χ1n) is 7.90. The fourth-order valence-corrected chi connectivity index (χ4v) is 2.76. The number of anilines is 1. The van der Waals surface area contributed by atoms with Gasteiger partial charge in [0.05, 0.1) is 5.56 Å². The minimum atomic E-state index is -4.37. The predicted octanol–water partition coefficient (Wildman–Crippen LogP) is 3.19. The fourth-order valence-electron chi connectivity index (χ4n) is 2.76. The molecule has 2 heterocycles. The molecule has 0 saturated carbocycles. The van der Waals surface area contributed by atoms with Crippen LogP contribution in [0, 0.1) is 5.92 Å². The number of carbonyl (C=O) groups is 1. The van der Waals surface area contributed by atoms with Crippen molar-refractivity contribution in [1.29, 1.82) is 0 Å². The van der Waals surface area contributed by atoms with Crippen molar-refractivity contribution in [3.8, 4) is 0 Å². The summed E-state index contributed by atoms with van der Waals surface area (Å²) in [6.45, 7) is 6.32. The third kappa shape index (κ3) is 4.36. The molecule has 1 amide bonds. The van der Waals surface area contributed by atoms with E-state index in [0.29, 0.717) is 32.0 Å². The van der Waals surface area contributed by atoms with Gasteiger partial charge in [0.25, 0.3) is 0 Å². The van der Waals surface area contributed by atoms with Gasteiger partial charge in [0, 0.05) is 38.3 Å². The summed E-state index contributed by atoms with van der Waals surface area (Å²) in [5, 5.41) is 0. The Morgan fingerprint density at radius 2 is 1.91 bits per heavy atom. The molecule has 1 aromatic rings. The van der Waals surface area contributed by atoms with Gasteiger partial charge < -0.3 is 9.80 Å². The lowest BCUT2D eigenvalue weighted by atomic mass is 10.0. The van der Waals surface area contributed by atoms with E-state index in [1.807, 2.05) is 16.7 Å². The molecule has 0 aliphatic carbocycles. The lowest BCUT2D eigenvalue weighted by Gasteiger charge is -2.36. The zero-order chi connectivity index (χ0) is 17.0. The summed E-state index contributed by atoms with van der Waals surface area (Å²) in [5.41, 5.74) is -0.747. The molecule has 0 bridgehead atoms. The molecule has 128 valence electrons. The van der Waals surface area contributed by atoms with E-state index in [1.54, 1.807) is 0 Å². The van der Waals surface area contributed by atoms with Gasteiger partial charge in [0.2, 0.25) is 5.91 Å². The molecule has 1 fully saturated rings. The van der Waals surface area contributed by atoms with Crippen molar-refractivity contribution in [1.82, 2.24) is 9.88 Å². The monoisotopic (exact) mass is 329 g/mol. The minimum Gasteiger partial charge on any atom is -0.353 e. The number of aromatic nitrogens is 1. The maximum absolute atomic E-state index is 12.5. The van der Waals surface area contributed by atoms with Crippen LogP contribution in [-0.2, 0) is 11.0 Å². The van der Waals surface area contributed by atoms with Crippen LogP contribution in [0.1, 0.15) is 32.3 Å². The van der Waals surface area contributed by atoms with Crippen LogP contribution in [0.5, 0.6) is 0 Å². The van der Waals surface area contributed by atoms with Crippen molar-refractivity contribution in [2.24, 2.45) is 5.92 Å². The second kappa shape index (κ2) is 7.19. The molecule has 4 nitrogen and oxygen atoms in total. The lowest BCUT2D eigenvalue weighted by molar-refractivity contribution is -0.138. The summed E-state index contributed by atoms with van der Waals surface area (Å²) < 4.78 is 37.6. The average molecular weight is 329 g/mol. The molecule has 1 saturated heterocycles. The van der Waals surface area contributed by atoms with E-state index < -0.39 is 11.7 Å². The van der Waals surface area contributed by atoms with E-state index in [9.17, 15) is 18.0 Å². The Morgan fingerprint density at radius 1 is 1.26 bits per heavy atom. The van der Waals surface area contributed by atoms with E-state index in [0.717, 1.165) is 25.1 Å². The number of carbonyl (C=O) groups excluding carboxylic acids is 1. The molecule has 0 spiro atoms. The van der Waals surface area contributed by atoms with Crippen molar-refractivity contribution in [2.45, 2.75) is 32.9 Å². The third-order valence-corrected chi connectivity index (χ3v) is 4.13. The van der Waals surface area contributed by atoms with Crippen molar-refractivity contribution in [2.75, 3.05) is 31.1 Å². The molecule has 1 aliphatic rings. The average Bonchev–Trinajstić information content (AvgIpc) is 2.54. The first kappa shape index (κ1) is 17.6. The number of halogens is 3. The van der Waals surface area contributed by atoms with Gasteiger partial charge in [0.15, 0.2) is 0 Å². The Labute approximate surface area is 134 Å². The second-order valence-electron chi connectivity index (χ2n) is 5.90. The quantitative estimate of drug-likeness (QED) is 0.851. The summed E-state index contributed by atoms with van der Waals surface area (Å²) in [6.07, 6.45) is -1.66. The normalized spacial score (nSPS) is 17.3. The highest BCUT2D eigenvalue weighted by Crippen LogP contribution is 2.29. The largest absolute Gasteiger partial charge is 0.417 e. The number of hydrogen-bond acceptors (Lipinski definition) is 3. The van der Waals surface area contributed by atoms with Crippen molar-refractivity contribution < 1.29 is 18.0 Å². The first-order valence-corrected chi connectivity index (χ1v) is 7.90. The molecular weight excluding hydrogens is 307 g/mol. The zero-order valence-corrected chi connectivity index (χ0v) is 13.4. The summed E-state index contributed by atoms with van der Waals surface area (Å²) in [7, 11) is 0. The minimum absolute atomic E-state index is 0.0238. The fraction of sp³-hybridized carbons (Fsp3) is 0.625. The lowest BCUT2D eigenvalue weighted by Crippen LogP contribution is -2.50. The second-order valence-corrected chi connectivity index (χ2v) is 5.90. The third-order valence-electron chi connectivity index (χ3n) is 4.13. The van der Waals surface area contributed by atoms with Crippen LogP contribution in [0.2, 0.25) is 0 Å². The van der Waals surface area contributed by atoms with Crippen LogP contribution in [-0.4, -0.2) is 42.0 Å². The van der Waals surface area contributed by atoms with Gasteiger partial charge in [-0.25, -0.2) is 4.98 Å². The standard InChI is InChI=1S/C16H22F3N3O/c1-3-4-12(2)15(23)22-9-7-21(8-10-22)14-6-5-13(11-20-14)16(17,18)19/h5-6,11-12H,3-4,7-10H2,1-2H3. The van der Waals surface area contributed by atoms with Crippen LogP contribution < -0.4 is 4.90 Å². The predicted molar refractivity (Wildman–Crippen MR) is 82.1 cm³/mol. The molecular formula is C16H22F3N3O. The maximum Gasteiger partial charge on any atom is 0.417 e. The van der Waals surface area contributed by atoms with Gasteiger partial charge >= 0.3 is 6.18 Å². The number of alkyl halides is 3. The van der Waals surface area contributed by atoms with E-state index >= 15 is 0 Å². The zero-order valence-electron chi connectivity index (χ0n) is 13.4. The molecule has 7 heteroatoms. The van der Waals surface area contributed by atoms with Crippen molar-refractivity contribution >= 4 is 11.7 Å². The Bertz CT molecular complexity index is 522. The molecule has 0 aromatic carbocycles. The van der Waals surface area contributed by atoms with Gasteiger partial charge in [0.1, 0.15) is 5.82 Å². The van der Waals surface area contributed by atoms with Gasteiger partial charge in [-0.15, -0.1) is 0 Å². The number of nitrogens with zero attached hydrogens (tertiary/aromatic N) is 3. The Balaban J connectivity index is 1.93. The van der Waals surface area contributed by atoms with Crippen molar-refractivity contribution in [3.63, 3.8) is 0 Å². The smallest absolute Gasteiger partial charge is 0.353 e. The molecule has 1 aliphatic heterocycles. The molecule has 1 aromatic heterocycles.